The number of carbonyl (C=O) groups is 3. The van der Waals surface area contributed by atoms with Gasteiger partial charge in [0.2, 0.25) is 0 Å². The van der Waals surface area contributed by atoms with E-state index in [9.17, 15) is 14.4 Å². The number of carbonyl (C=O) groups excluding carboxylic acids is 3. The maximum absolute atomic E-state index is 12.9. The Hall–Kier alpha value is -2.37. The molecule has 0 radical (unpaired) electrons. The molecule has 0 aliphatic carbocycles. The summed E-state index contributed by atoms with van der Waals surface area (Å²) in [6.45, 7) is 6.56. The normalized spacial score (nSPS) is 12.2. The molecule has 0 aliphatic rings. The van der Waals surface area contributed by atoms with E-state index in [0.29, 0.717) is 19.3 Å². The molecule has 0 aromatic heterocycles. The highest BCUT2D eigenvalue weighted by Gasteiger charge is 2.19. The third-order valence-electron chi connectivity index (χ3n) is 13.4. The van der Waals surface area contributed by atoms with Crippen molar-refractivity contribution in [2.45, 2.75) is 329 Å². The minimum Gasteiger partial charge on any atom is -0.462 e. The molecule has 0 amide bonds. The first kappa shape index (κ1) is 65.6. The van der Waals surface area contributed by atoms with Gasteiger partial charge in [-0.2, -0.15) is 0 Å². The minimum atomic E-state index is -0.777. The summed E-state index contributed by atoms with van der Waals surface area (Å²) in [6.07, 6.45) is 68.6. The number of allylic oxidation sites excluding steroid dienone is 6. The number of hydrogen-bond acceptors (Lipinski definition) is 6. The zero-order valence-corrected chi connectivity index (χ0v) is 45.6. The first-order chi connectivity index (χ1) is 33.5. The summed E-state index contributed by atoms with van der Waals surface area (Å²) in [7, 11) is 0. The van der Waals surface area contributed by atoms with E-state index in [-0.39, 0.29) is 31.1 Å². The lowest BCUT2D eigenvalue weighted by Gasteiger charge is -2.18. The molecule has 6 heteroatoms. The molecule has 0 fully saturated rings. The highest BCUT2D eigenvalue weighted by Crippen LogP contribution is 2.17. The predicted octanol–water partition coefficient (Wildman–Crippen LogP) is 20.0. The Balaban J connectivity index is 4.32. The SMILES string of the molecule is CC/C=C\C/C=C\C/C=C\CCCCCCC(=O)OCC(COC(=O)CCCCCCCCCCCCCCCCCCCCC)OC(=O)CCCCCCCCCCCCCCCCCCC. The molecular formula is C62H114O6. The maximum Gasteiger partial charge on any atom is 0.306 e. The van der Waals surface area contributed by atoms with Gasteiger partial charge in [-0.3, -0.25) is 14.4 Å². The van der Waals surface area contributed by atoms with Gasteiger partial charge in [-0.05, 0) is 51.4 Å². The standard InChI is InChI=1S/C62H114O6/c1-4-7-10-13-16-19-22-25-28-30-31-33-34-37-40-43-46-49-52-55-61(64)67-58-59(57-66-60(63)54-51-48-45-42-39-36-27-24-21-18-15-12-9-6-3)68-62(65)56-53-50-47-44-41-38-35-32-29-26-23-20-17-14-11-8-5-2/h9,12,18,21,27,36,59H,4-8,10-11,13-17,19-20,22-26,28-35,37-58H2,1-3H3/b12-9-,21-18-,36-27-. The van der Waals surface area contributed by atoms with Crippen LogP contribution in [0.15, 0.2) is 36.5 Å². The van der Waals surface area contributed by atoms with Gasteiger partial charge in [0.05, 0.1) is 0 Å². The van der Waals surface area contributed by atoms with Crippen molar-refractivity contribution >= 4 is 17.9 Å². The fourth-order valence-electron chi connectivity index (χ4n) is 8.93. The number of rotatable bonds is 55. The Morgan fingerprint density at radius 3 is 0.897 bits per heavy atom. The molecule has 0 saturated carbocycles. The van der Waals surface area contributed by atoms with E-state index in [1.807, 2.05) is 0 Å². The molecule has 0 aromatic rings. The molecule has 0 N–H and O–H groups in total. The molecule has 0 rings (SSSR count). The molecule has 68 heavy (non-hydrogen) atoms. The van der Waals surface area contributed by atoms with Crippen LogP contribution in [0.5, 0.6) is 0 Å². The molecule has 0 aliphatic heterocycles. The summed E-state index contributed by atoms with van der Waals surface area (Å²) in [4.78, 5) is 38.2. The summed E-state index contributed by atoms with van der Waals surface area (Å²) >= 11 is 0. The largest absolute Gasteiger partial charge is 0.462 e. The second kappa shape index (κ2) is 57.2. The third kappa shape index (κ3) is 54.6. The van der Waals surface area contributed by atoms with Gasteiger partial charge < -0.3 is 14.2 Å². The average Bonchev–Trinajstić information content (AvgIpc) is 3.34. The molecule has 0 heterocycles. The zero-order valence-electron chi connectivity index (χ0n) is 45.6. The van der Waals surface area contributed by atoms with Gasteiger partial charge in [0.1, 0.15) is 13.2 Å². The van der Waals surface area contributed by atoms with Crippen molar-refractivity contribution in [1.82, 2.24) is 0 Å². The Morgan fingerprint density at radius 1 is 0.309 bits per heavy atom. The van der Waals surface area contributed by atoms with Gasteiger partial charge in [-0.15, -0.1) is 0 Å². The lowest BCUT2D eigenvalue weighted by molar-refractivity contribution is -0.167. The van der Waals surface area contributed by atoms with E-state index in [0.717, 1.165) is 89.9 Å². The number of hydrogen-bond donors (Lipinski definition) is 0. The fraction of sp³-hybridized carbons (Fsp3) is 0.855. The number of unbranched alkanes of at least 4 members (excludes halogenated alkanes) is 38. The summed E-state index contributed by atoms with van der Waals surface area (Å²) in [6, 6.07) is 0. The van der Waals surface area contributed by atoms with E-state index in [2.05, 4.69) is 57.2 Å². The Labute approximate surface area is 423 Å². The van der Waals surface area contributed by atoms with Gasteiger partial charge in [0.15, 0.2) is 6.10 Å². The summed E-state index contributed by atoms with van der Waals surface area (Å²) < 4.78 is 16.9. The third-order valence-corrected chi connectivity index (χ3v) is 13.4. The van der Waals surface area contributed by atoms with E-state index >= 15 is 0 Å². The monoisotopic (exact) mass is 955 g/mol. The smallest absolute Gasteiger partial charge is 0.306 e. The molecule has 0 saturated heterocycles. The van der Waals surface area contributed by atoms with Crippen molar-refractivity contribution in [2.75, 3.05) is 13.2 Å². The Morgan fingerprint density at radius 2 is 0.574 bits per heavy atom. The minimum absolute atomic E-state index is 0.0742. The van der Waals surface area contributed by atoms with Gasteiger partial charge in [-0.1, -0.05) is 288 Å². The van der Waals surface area contributed by atoms with Crippen LogP contribution in [0.2, 0.25) is 0 Å². The van der Waals surface area contributed by atoms with E-state index in [1.165, 1.54) is 193 Å². The summed E-state index contributed by atoms with van der Waals surface area (Å²) in [5.74, 6) is -0.875. The maximum atomic E-state index is 12.9. The summed E-state index contributed by atoms with van der Waals surface area (Å²) in [5, 5.41) is 0. The molecule has 0 aromatic carbocycles. The second-order valence-electron chi connectivity index (χ2n) is 20.2. The fourth-order valence-corrected chi connectivity index (χ4v) is 8.93. The Kier molecular flexibility index (Phi) is 55.2. The first-order valence-electron chi connectivity index (χ1n) is 30.0. The summed E-state index contributed by atoms with van der Waals surface area (Å²) in [5.41, 5.74) is 0. The van der Waals surface area contributed by atoms with Gasteiger partial charge in [0.25, 0.3) is 0 Å². The van der Waals surface area contributed by atoms with Crippen LogP contribution in [-0.4, -0.2) is 37.2 Å². The van der Waals surface area contributed by atoms with Crippen molar-refractivity contribution in [3.63, 3.8) is 0 Å². The quantitative estimate of drug-likeness (QED) is 0.0262. The van der Waals surface area contributed by atoms with Crippen molar-refractivity contribution in [1.29, 1.82) is 0 Å². The van der Waals surface area contributed by atoms with Crippen LogP contribution in [-0.2, 0) is 28.6 Å². The second-order valence-corrected chi connectivity index (χ2v) is 20.2. The number of ether oxygens (including phenoxy) is 3. The van der Waals surface area contributed by atoms with Crippen molar-refractivity contribution in [3.8, 4) is 0 Å². The lowest BCUT2D eigenvalue weighted by atomic mass is 10.0. The zero-order chi connectivity index (χ0) is 49.3. The van der Waals surface area contributed by atoms with Crippen LogP contribution in [0.1, 0.15) is 323 Å². The molecule has 1 unspecified atom stereocenters. The van der Waals surface area contributed by atoms with E-state index in [4.69, 9.17) is 14.2 Å². The molecule has 1 atom stereocenters. The van der Waals surface area contributed by atoms with Crippen molar-refractivity contribution < 1.29 is 28.6 Å². The van der Waals surface area contributed by atoms with Gasteiger partial charge in [-0.25, -0.2) is 0 Å². The number of esters is 3. The van der Waals surface area contributed by atoms with E-state index in [1.54, 1.807) is 0 Å². The highest BCUT2D eigenvalue weighted by molar-refractivity contribution is 5.71. The highest BCUT2D eigenvalue weighted by atomic mass is 16.6. The van der Waals surface area contributed by atoms with Crippen molar-refractivity contribution in [3.05, 3.63) is 36.5 Å². The molecule has 0 spiro atoms. The van der Waals surface area contributed by atoms with Crippen LogP contribution in [0, 0.1) is 0 Å². The van der Waals surface area contributed by atoms with Crippen LogP contribution in [0.25, 0.3) is 0 Å². The predicted molar refractivity (Wildman–Crippen MR) is 293 cm³/mol. The molecule has 398 valence electrons. The average molecular weight is 956 g/mol. The topological polar surface area (TPSA) is 78.9 Å². The molecule has 6 nitrogen and oxygen atoms in total. The van der Waals surface area contributed by atoms with Crippen molar-refractivity contribution in [2.24, 2.45) is 0 Å². The van der Waals surface area contributed by atoms with Crippen LogP contribution in [0.4, 0.5) is 0 Å². The first-order valence-corrected chi connectivity index (χ1v) is 30.0. The Bertz CT molecular complexity index is 1140. The van der Waals surface area contributed by atoms with Gasteiger partial charge >= 0.3 is 17.9 Å². The van der Waals surface area contributed by atoms with E-state index < -0.39 is 6.10 Å². The molecular weight excluding hydrogens is 841 g/mol. The van der Waals surface area contributed by atoms with Crippen LogP contribution < -0.4 is 0 Å². The molecule has 0 bridgehead atoms. The van der Waals surface area contributed by atoms with Crippen LogP contribution in [0.3, 0.4) is 0 Å². The van der Waals surface area contributed by atoms with Gasteiger partial charge in [0, 0.05) is 19.3 Å². The van der Waals surface area contributed by atoms with Crippen LogP contribution >= 0.6 is 0 Å². The lowest BCUT2D eigenvalue weighted by Crippen LogP contribution is -2.30.